The normalized spacial score (nSPS) is 19.3. The number of carbonyl (C=O) groups is 1. The Labute approximate surface area is 167 Å². The molecule has 2 saturated heterocycles. The molecule has 0 aliphatic carbocycles. The fourth-order valence-electron chi connectivity index (χ4n) is 4.35. The number of anilines is 1. The molecule has 0 N–H and O–H groups in total. The van der Waals surface area contributed by atoms with Crippen LogP contribution in [0.15, 0.2) is 36.8 Å². The summed E-state index contributed by atoms with van der Waals surface area (Å²) in [6.07, 6.45) is 14.1. The van der Waals surface area contributed by atoms with E-state index in [1.54, 1.807) is 6.20 Å². The first-order valence-electron chi connectivity index (χ1n) is 10.8. The summed E-state index contributed by atoms with van der Waals surface area (Å²) in [7, 11) is 0. The van der Waals surface area contributed by atoms with E-state index in [-0.39, 0.29) is 5.91 Å². The van der Waals surface area contributed by atoms with E-state index in [0.29, 0.717) is 11.5 Å². The van der Waals surface area contributed by atoms with Crippen molar-refractivity contribution in [3.63, 3.8) is 0 Å². The number of pyridine rings is 1. The molecule has 2 aromatic rings. The highest BCUT2D eigenvalue weighted by atomic mass is 16.2. The van der Waals surface area contributed by atoms with Gasteiger partial charge in [0.25, 0.3) is 5.91 Å². The lowest BCUT2D eigenvalue weighted by Gasteiger charge is -2.32. The van der Waals surface area contributed by atoms with Crippen LogP contribution in [0.25, 0.3) is 0 Å². The quantitative estimate of drug-likeness (QED) is 0.812. The maximum Gasteiger partial charge on any atom is 0.255 e. The zero-order valence-corrected chi connectivity index (χ0v) is 16.7. The van der Waals surface area contributed by atoms with Crippen molar-refractivity contribution in [2.75, 3.05) is 31.1 Å². The maximum absolute atomic E-state index is 12.9. The number of likely N-dealkylation sites (tertiary alicyclic amines) is 1. The average molecular weight is 382 g/mol. The van der Waals surface area contributed by atoms with E-state index < -0.39 is 0 Å². The molecule has 6 heteroatoms. The third-order valence-electron chi connectivity index (χ3n) is 6.08. The Morgan fingerprint density at radius 3 is 2.39 bits per heavy atom. The number of rotatable bonds is 4. The van der Waals surface area contributed by atoms with Gasteiger partial charge in [0, 0.05) is 51.3 Å². The number of hydrogen-bond donors (Lipinski definition) is 0. The van der Waals surface area contributed by atoms with Crippen LogP contribution < -0.4 is 4.90 Å². The van der Waals surface area contributed by atoms with E-state index in [2.05, 4.69) is 15.0 Å². The predicted molar refractivity (Wildman–Crippen MR) is 110 cm³/mol. The van der Waals surface area contributed by atoms with Gasteiger partial charge in [-0.05, 0) is 49.8 Å². The Hall–Kier alpha value is -2.37. The lowest BCUT2D eigenvalue weighted by Crippen LogP contribution is -2.39. The summed E-state index contributed by atoms with van der Waals surface area (Å²) in [6, 6.07) is 5.95. The summed E-state index contributed by atoms with van der Waals surface area (Å²) < 4.78 is 2.00. The summed E-state index contributed by atoms with van der Waals surface area (Å²) in [5, 5.41) is 4.29. The second kappa shape index (κ2) is 9.22. The lowest BCUT2D eigenvalue weighted by molar-refractivity contribution is 0.0681. The van der Waals surface area contributed by atoms with Gasteiger partial charge in [0.05, 0.1) is 5.56 Å². The van der Waals surface area contributed by atoms with Crippen LogP contribution in [0.5, 0.6) is 0 Å². The SMILES string of the molecule is O=C(c1ccc(N2CCCCCCC2)nc1)N1CCC(Cn2cccn2)CC1. The smallest absolute Gasteiger partial charge is 0.255 e. The van der Waals surface area contributed by atoms with E-state index in [1.165, 1.54) is 32.1 Å². The van der Waals surface area contributed by atoms with E-state index >= 15 is 0 Å². The van der Waals surface area contributed by atoms with Crippen LogP contribution >= 0.6 is 0 Å². The summed E-state index contributed by atoms with van der Waals surface area (Å²) in [5.41, 5.74) is 0.710. The fourth-order valence-corrected chi connectivity index (χ4v) is 4.35. The third kappa shape index (κ3) is 4.72. The predicted octanol–water partition coefficient (Wildman–Crippen LogP) is 3.60. The molecule has 0 spiro atoms. The molecule has 0 saturated carbocycles. The van der Waals surface area contributed by atoms with Crippen LogP contribution in [-0.4, -0.2) is 51.8 Å². The largest absolute Gasteiger partial charge is 0.357 e. The number of carbonyl (C=O) groups excluding carboxylic acids is 1. The Bertz CT molecular complexity index is 727. The van der Waals surface area contributed by atoms with Crippen LogP contribution in [0.2, 0.25) is 0 Å². The Kier molecular flexibility index (Phi) is 6.24. The highest BCUT2D eigenvalue weighted by Gasteiger charge is 2.24. The molecule has 0 bridgehead atoms. The van der Waals surface area contributed by atoms with Crippen molar-refractivity contribution in [1.82, 2.24) is 19.7 Å². The fraction of sp³-hybridized carbons (Fsp3) is 0.591. The second-order valence-electron chi connectivity index (χ2n) is 8.12. The van der Waals surface area contributed by atoms with Crippen LogP contribution in [-0.2, 0) is 6.54 Å². The van der Waals surface area contributed by atoms with E-state index in [9.17, 15) is 4.79 Å². The summed E-state index contributed by atoms with van der Waals surface area (Å²) in [6.45, 7) is 4.73. The van der Waals surface area contributed by atoms with E-state index in [1.807, 2.05) is 40.2 Å². The molecule has 1 amide bonds. The van der Waals surface area contributed by atoms with Gasteiger partial charge >= 0.3 is 0 Å². The second-order valence-corrected chi connectivity index (χ2v) is 8.12. The molecular weight excluding hydrogens is 350 g/mol. The van der Waals surface area contributed by atoms with Crippen molar-refractivity contribution < 1.29 is 4.79 Å². The van der Waals surface area contributed by atoms with Crippen LogP contribution in [0.3, 0.4) is 0 Å². The molecule has 28 heavy (non-hydrogen) atoms. The van der Waals surface area contributed by atoms with Crippen LogP contribution in [0.1, 0.15) is 55.3 Å². The van der Waals surface area contributed by atoms with Gasteiger partial charge in [-0.2, -0.15) is 5.10 Å². The molecule has 0 unspecified atom stereocenters. The van der Waals surface area contributed by atoms with Crippen molar-refractivity contribution in [3.8, 4) is 0 Å². The van der Waals surface area contributed by atoms with Crippen LogP contribution in [0.4, 0.5) is 5.82 Å². The molecule has 4 rings (SSSR count). The topological polar surface area (TPSA) is 54.3 Å². The molecule has 6 nitrogen and oxygen atoms in total. The zero-order chi connectivity index (χ0) is 19.2. The number of hydrogen-bond acceptors (Lipinski definition) is 4. The summed E-state index contributed by atoms with van der Waals surface area (Å²) in [5.74, 6) is 1.72. The molecule has 0 aromatic carbocycles. The van der Waals surface area contributed by atoms with Gasteiger partial charge in [-0.3, -0.25) is 9.48 Å². The first-order chi connectivity index (χ1) is 13.8. The lowest BCUT2D eigenvalue weighted by atomic mass is 9.96. The Balaban J connectivity index is 1.31. The van der Waals surface area contributed by atoms with Gasteiger partial charge in [0.15, 0.2) is 0 Å². The van der Waals surface area contributed by atoms with Gasteiger partial charge in [-0.25, -0.2) is 4.98 Å². The Morgan fingerprint density at radius 1 is 1.00 bits per heavy atom. The molecule has 2 aromatic heterocycles. The highest BCUT2D eigenvalue weighted by molar-refractivity contribution is 5.94. The molecular formula is C22H31N5O. The zero-order valence-electron chi connectivity index (χ0n) is 16.7. The van der Waals surface area contributed by atoms with Crippen molar-refractivity contribution in [2.45, 2.75) is 51.5 Å². The summed E-state index contributed by atoms with van der Waals surface area (Å²) >= 11 is 0. The van der Waals surface area contributed by atoms with E-state index in [4.69, 9.17) is 0 Å². The average Bonchev–Trinajstić information content (AvgIpc) is 3.21. The molecule has 150 valence electrons. The van der Waals surface area contributed by atoms with Gasteiger partial charge < -0.3 is 9.80 Å². The Morgan fingerprint density at radius 2 is 1.75 bits per heavy atom. The minimum Gasteiger partial charge on any atom is -0.357 e. The van der Waals surface area contributed by atoms with Crippen molar-refractivity contribution in [2.24, 2.45) is 5.92 Å². The molecule has 2 aliphatic heterocycles. The first-order valence-corrected chi connectivity index (χ1v) is 10.8. The molecule has 2 aliphatic rings. The standard InChI is InChI=1S/C22H31N5O/c28-22(26-15-9-19(10-16-26)18-27-14-6-11-24-27)20-7-8-21(23-17-20)25-12-4-2-1-3-5-13-25/h6-8,11,14,17,19H,1-5,9-10,12-13,15-16,18H2. The minimum atomic E-state index is 0.115. The maximum atomic E-state index is 12.9. The molecule has 0 radical (unpaired) electrons. The van der Waals surface area contributed by atoms with Crippen molar-refractivity contribution >= 4 is 11.7 Å². The van der Waals surface area contributed by atoms with Crippen molar-refractivity contribution in [3.05, 3.63) is 42.4 Å². The molecule has 4 heterocycles. The number of piperidine rings is 1. The minimum absolute atomic E-state index is 0.115. The molecule has 0 atom stereocenters. The van der Waals surface area contributed by atoms with E-state index in [0.717, 1.165) is 51.4 Å². The highest BCUT2D eigenvalue weighted by Crippen LogP contribution is 2.22. The number of aromatic nitrogens is 3. The monoisotopic (exact) mass is 381 g/mol. The van der Waals surface area contributed by atoms with Crippen molar-refractivity contribution in [1.29, 1.82) is 0 Å². The molecule has 2 fully saturated rings. The van der Waals surface area contributed by atoms with Gasteiger partial charge in [-0.15, -0.1) is 0 Å². The van der Waals surface area contributed by atoms with Gasteiger partial charge in [0.2, 0.25) is 0 Å². The van der Waals surface area contributed by atoms with Gasteiger partial charge in [-0.1, -0.05) is 19.3 Å². The third-order valence-corrected chi connectivity index (χ3v) is 6.08. The number of nitrogens with zero attached hydrogens (tertiary/aromatic N) is 5. The van der Waals surface area contributed by atoms with Gasteiger partial charge in [0.1, 0.15) is 5.82 Å². The van der Waals surface area contributed by atoms with Crippen LogP contribution in [0, 0.1) is 5.92 Å². The summed E-state index contributed by atoms with van der Waals surface area (Å²) in [4.78, 5) is 21.8. The first kappa shape index (κ1) is 19.0. The number of amides is 1.